The van der Waals surface area contributed by atoms with Crippen molar-refractivity contribution in [2.45, 2.75) is 50.8 Å². The first kappa shape index (κ1) is 24.0. The zero-order valence-electron chi connectivity index (χ0n) is 18.5. The minimum atomic E-state index is -2.04. The van der Waals surface area contributed by atoms with E-state index in [4.69, 9.17) is 15.9 Å². The molecule has 0 unspecified atom stereocenters. The Morgan fingerprint density at radius 2 is 1.77 bits per heavy atom. The number of hydrogen-bond acceptors (Lipinski definition) is 3. The first-order valence-electron chi connectivity index (χ1n) is 10.4. The number of benzene rings is 2. The Morgan fingerprint density at radius 3 is 2.30 bits per heavy atom. The van der Waals surface area contributed by atoms with Crippen molar-refractivity contribution in [3.63, 3.8) is 0 Å². The summed E-state index contributed by atoms with van der Waals surface area (Å²) < 4.78 is 11.5. The monoisotopic (exact) mass is 422 g/mol. The van der Waals surface area contributed by atoms with E-state index in [-0.39, 0.29) is 17.6 Å². The molecular formula is C26H34O3Si. The third-order valence-corrected chi connectivity index (χ3v) is 9.98. The van der Waals surface area contributed by atoms with Crippen LogP contribution in [0.15, 0.2) is 67.3 Å². The van der Waals surface area contributed by atoms with Gasteiger partial charge in [0.15, 0.2) is 0 Å². The van der Waals surface area contributed by atoms with E-state index in [1.54, 1.807) is 7.11 Å². The van der Waals surface area contributed by atoms with Crippen LogP contribution in [0.4, 0.5) is 0 Å². The minimum Gasteiger partial charge on any atom is -0.497 e. The number of ether oxygens (including phenoxy) is 2. The van der Waals surface area contributed by atoms with Crippen LogP contribution in [-0.2, 0) is 11.3 Å². The molecule has 30 heavy (non-hydrogen) atoms. The molecule has 0 radical (unpaired) electrons. The van der Waals surface area contributed by atoms with E-state index in [9.17, 15) is 5.11 Å². The van der Waals surface area contributed by atoms with E-state index in [1.807, 2.05) is 43.3 Å². The molecule has 1 N–H and O–H groups in total. The second-order valence-electron chi connectivity index (χ2n) is 8.35. The van der Waals surface area contributed by atoms with Crippen LogP contribution < -0.4 is 9.92 Å². The van der Waals surface area contributed by atoms with E-state index in [0.29, 0.717) is 13.0 Å². The molecule has 2 aromatic carbocycles. The molecule has 4 atom stereocenters. The number of rotatable bonds is 11. The highest BCUT2D eigenvalue weighted by Crippen LogP contribution is 2.33. The molecule has 0 aliphatic rings. The van der Waals surface area contributed by atoms with E-state index in [0.717, 1.165) is 11.3 Å². The lowest BCUT2D eigenvalue weighted by Crippen LogP contribution is -2.53. The quantitative estimate of drug-likeness (QED) is 0.322. The van der Waals surface area contributed by atoms with E-state index in [2.05, 4.69) is 49.9 Å². The molecule has 0 heterocycles. The average molecular weight is 423 g/mol. The van der Waals surface area contributed by atoms with Gasteiger partial charge in [0, 0.05) is 12.0 Å². The van der Waals surface area contributed by atoms with Gasteiger partial charge in [0.05, 0.1) is 34.0 Å². The molecule has 0 aliphatic carbocycles. The summed E-state index contributed by atoms with van der Waals surface area (Å²) in [5.41, 5.74) is 0.955. The molecule has 0 bridgehead atoms. The molecule has 0 amide bonds. The third kappa shape index (κ3) is 5.86. The van der Waals surface area contributed by atoms with E-state index >= 15 is 0 Å². The minimum absolute atomic E-state index is 0.0197. The summed E-state index contributed by atoms with van der Waals surface area (Å²) in [7, 11) is -0.394. The summed E-state index contributed by atoms with van der Waals surface area (Å²) in [6.45, 7) is 11.0. The van der Waals surface area contributed by atoms with Gasteiger partial charge in [-0.05, 0) is 23.6 Å². The first-order chi connectivity index (χ1) is 14.3. The Bertz CT molecular complexity index is 824. The molecule has 0 aromatic heterocycles. The third-order valence-electron chi connectivity index (χ3n) is 5.91. The van der Waals surface area contributed by atoms with Gasteiger partial charge in [-0.3, -0.25) is 0 Å². The molecular weight excluding hydrogens is 388 g/mol. The standard InChI is InChI=1S/C26H34O3Si/c1-7-12-20(3)26(29-19-21-15-17-22(28-4)18-16-21)25(27)24(8-2)30(5,6)23-13-10-9-11-14-23/h1,8-11,13-18,20,24-27H,2,12,19H2,3-6H3/t20-,24-,25-,26-/m1/s1. The number of hydrogen-bond donors (Lipinski definition) is 1. The van der Waals surface area contributed by atoms with Gasteiger partial charge in [-0.1, -0.05) is 73.7 Å². The zero-order chi connectivity index (χ0) is 22.1. The van der Waals surface area contributed by atoms with Crippen molar-refractivity contribution in [3.05, 3.63) is 72.8 Å². The maximum absolute atomic E-state index is 11.5. The van der Waals surface area contributed by atoms with Gasteiger partial charge in [-0.25, -0.2) is 0 Å². The van der Waals surface area contributed by atoms with Gasteiger partial charge in [-0.15, -0.1) is 18.9 Å². The Labute approximate surface area is 182 Å². The topological polar surface area (TPSA) is 38.7 Å². The molecule has 2 rings (SSSR count). The molecule has 160 valence electrons. The smallest absolute Gasteiger partial charge is 0.118 e. The van der Waals surface area contributed by atoms with Gasteiger partial charge in [0.2, 0.25) is 0 Å². The average Bonchev–Trinajstić information content (AvgIpc) is 2.75. The van der Waals surface area contributed by atoms with Crippen LogP contribution in [0.3, 0.4) is 0 Å². The molecule has 4 heteroatoms. The Kier molecular flexibility index (Phi) is 8.92. The molecule has 0 fully saturated rings. The van der Waals surface area contributed by atoms with Gasteiger partial charge < -0.3 is 14.6 Å². The normalized spacial score (nSPS) is 15.5. The van der Waals surface area contributed by atoms with Crippen LogP contribution in [0.25, 0.3) is 0 Å². The van der Waals surface area contributed by atoms with Crippen LogP contribution in [0.5, 0.6) is 5.75 Å². The highest BCUT2D eigenvalue weighted by molar-refractivity contribution is 6.91. The molecule has 3 nitrogen and oxygen atoms in total. The number of methoxy groups -OCH3 is 1. The predicted molar refractivity (Wildman–Crippen MR) is 128 cm³/mol. The maximum atomic E-state index is 11.5. The molecule has 0 aliphatic heterocycles. The first-order valence-corrected chi connectivity index (χ1v) is 13.5. The van der Waals surface area contributed by atoms with Crippen molar-refractivity contribution in [3.8, 4) is 18.1 Å². The van der Waals surface area contributed by atoms with Crippen LogP contribution in [0.2, 0.25) is 18.6 Å². The van der Waals surface area contributed by atoms with Crippen molar-refractivity contribution < 1.29 is 14.6 Å². The highest BCUT2D eigenvalue weighted by Gasteiger charge is 2.41. The van der Waals surface area contributed by atoms with Gasteiger partial charge in [0.25, 0.3) is 0 Å². The largest absolute Gasteiger partial charge is 0.497 e. The lowest BCUT2D eigenvalue weighted by atomic mass is 9.94. The van der Waals surface area contributed by atoms with Gasteiger partial charge in [-0.2, -0.15) is 0 Å². The lowest BCUT2D eigenvalue weighted by molar-refractivity contribution is -0.0709. The maximum Gasteiger partial charge on any atom is 0.118 e. The molecule has 0 saturated heterocycles. The SMILES string of the molecule is C#CC[C@@H](C)[C@@H](OCc1ccc(OC)cc1)[C@H](O)[C@@H](C=C)[Si](C)(C)c1ccccc1. The van der Waals surface area contributed by atoms with Gasteiger partial charge >= 0.3 is 0 Å². The van der Waals surface area contributed by atoms with Crippen molar-refractivity contribution in [2.24, 2.45) is 5.92 Å². The lowest BCUT2D eigenvalue weighted by Gasteiger charge is -2.39. The fourth-order valence-corrected chi connectivity index (χ4v) is 7.01. The molecule has 0 spiro atoms. The summed E-state index contributed by atoms with van der Waals surface area (Å²) in [5.74, 6) is 3.55. The summed E-state index contributed by atoms with van der Waals surface area (Å²) in [4.78, 5) is 0. The summed E-state index contributed by atoms with van der Waals surface area (Å²) >= 11 is 0. The highest BCUT2D eigenvalue weighted by atomic mass is 28.3. The van der Waals surface area contributed by atoms with E-state index in [1.165, 1.54) is 5.19 Å². The number of terminal acetylenes is 1. The Hall–Kier alpha value is -2.32. The van der Waals surface area contributed by atoms with Crippen molar-refractivity contribution in [1.29, 1.82) is 0 Å². The predicted octanol–water partition coefficient (Wildman–Crippen LogP) is 4.77. The van der Waals surface area contributed by atoms with Crippen molar-refractivity contribution >= 4 is 13.3 Å². The van der Waals surface area contributed by atoms with Crippen molar-refractivity contribution in [1.82, 2.24) is 0 Å². The van der Waals surface area contributed by atoms with E-state index < -0.39 is 14.2 Å². The number of aliphatic hydroxyl groups is 1. The second-order valence-corrected chi connectivity index (χ2v) is 13.0. The second kappa shape index (κ2) is 11.2. The molecule has 0 saturated carbocycles. The van der Waals surface area contributed by atoms with Crippen LogP contribution in [-0.4, -0.2) is 32.5 Å². The molecule has 2 aromatic rings. The summed E-state index contributed by atoms with van der Waals surface area (Å²) in [6, 6.07) is 18.2. The summed E-state index contributed by atoms with van der Waals surface area (Å²) in [5, 5.41) is 12.8. The zero-order valence-corrected chi connectivity index (χ0v) is 19.5. The van der Waals surface area contributed by atoms with Crippen LogP contribution >= 0.6 is 0 Å². The number of aliphatic hydroxyl groups excluding tert-OH is 1. The Balaban J connectivity index is 2.24. The fraction of sp³-hybridized carbons (Fsp3) is 0.385. The summed E-state index contributed by atoms with van der Waals surface area (Å²) in [6.07, 6.45) is 6.95. The van der Waals surface area contributed by atoms with Gasteiger partial charge in [0.1, 0.15) is 5.75 Å². The Morgan fingerprint density at radius 1 is 1.13 bits per heavy atom. The van der Waals surface area contributed by atoms with Crippen molar-refractivity contribution in [2.75, 3.05) is 7.11 Å². The van der Waals surface area contributed by atoms with Crippen LogP contribution in [0.1, 0.15) is 18.9 Å². The fourth-order valence-electron chi connectivity index (χ4n) is 3.94. The van der Waals surface area contributed by atoms with Crippen LogP contribution in [0, 0.1) is 18.3 Å².